The second-order valence-electron chi connectivity index (χ2n) is 6.68. The molecular weight excluding hydrogens is 345 g/mol. The van der Waals surface area contributed by atoms with Crippen LogP contribution in [0.2, 0.25) is 10.0 Å². The first kappa shape index (κ1) is 18.6. The lowest BCUT2D eigenvalue weighted by Crippen LogP contribution is -2.30. The molecule has 0 aromatic heterocycles. The van der Waals surface area contributed by atoms with E-state index in [9.17, 15) is 4.79 Å². The molecule has 0 aliphatic heterocycles. The largest absolute Gasteiger partial charge is 0.481 e. The second-order valence-corrected chi connectivity index (χ2v) is 7.55. The Kier molecular flexibility index (Phi) is 5.79. The first-order chi connectivity index (χ1) is 11.1. The van der Waals surface area contributed by atoms with E-state index in [-0.39, 0.29) is 11.3 Å². The SMILES string of the molecule is C[C@H](Oc1ccc(C(C)(C)C)cc1)C(=O)Nc1cc(Cl)cc(Cl)c1. The lowest BCUT2D eigenvalue weighted by molar-refractivity contribution is -0.122. The summed E-state index contributed by atoms with van der Waals surface area (Å²) in [5.41, 5.74) is 1.82. The van der Waals surface area contributed by atoms with Gasteiger partial charge in [0.25, 0.3) is 5.91 Å². The molecule has 0 unspecified atom stereocenters. The predicted molar refractivity (Wildman–Crippen MR) is 100 cm³/mol. The summed E-state index contributed by atoms with van der Waals surface area (Å²) in [5, 5.41) is 3.67. The fourth-order valence-electron chi connectivity index (χ4n) is 2.16. The van der Waals surface area contributed by atoms with Gasteiger partial charge in [-0.1, -0.05) is 56.1 Å². The molecule has 0 spiro atoms. The molecule has 0 aliphatic rings. The lowest BCUT2D eigenvalue weighted by atomic mass is 9.87. The molecule has 24 heavy (non-hydrogen) atoms. The number of nitrogens with one attached hydrogen (secondary N) is 1. The average molecular weight is 366 g/mol. The standard InChI is InChI=1S/C19H21Cl2NO2/c1-12(18(23)22-16-10-14(20)9-15(21)11-16)24-17-7-5-13(6-8-17)19(2,3)4/h5-12H,1-4H3,(H,22,23)/t12-/m0/s1. The second kappa shape index (κ2) is 7.45. The Hall–Kier alpha value is -1.71. The molecule has 0 fully saturated rings. The summed E-state index contributed by atoms with van der Waals surface area (Å²) in [6.07, 6.45) is -0.650. The molecule has 0 saturated carbocycles. The molecule has 0 saturated heterocycles. The summed E-state index contributed by atoms with van der Waals surface area (Å²) in [6, 6.07) is 12.6. The zero-order chi connectivity index (χ0) is 17.9. The van der Waals surface area contributed by atoms with Crippen molar-refractivity contribution in [2.24, 2.45) is 0 Å². The van der Waals surface area contributed by atoms with Crippen molar-refractivity contribution in [3.8, 4) is 5.75 Å². The number of hydrogen-bond acceptors (Lipinski definition) is 2. The van der Waals surface area contributed by atoms with Gasteiger partial charge < -0.3 is 10.1 Å². The molecule has 128 valence electrons. The smallest absolute Gasteiger partial charge is 0.265 e. The van der Waals surface area contributed by atoms with Gasteiger partial charge in [-0.15, -0.1) is 0 Å². The van der Waals surface area contributed by atoms with Gasteiger partial charge >= 0.3 is 0 Å². The Morgan fingerprint density at radius 2 is 1.58 bits per heavy atom. The number of anilines is 1. The van der Waals surface area contributed by atoms with Crippen LogP contribution in [0.4, 0.5) is 5.69 Å². The van der Waals surface area contributed by atoms with Crippen LogP contribution in [0.3, 0.4) is 0 Å². The van der Waals surface area contributed by atoms with Gasteiger partial charge in [0.15, 0.2) is 6.10 Å². The minimum atomic E-state index is -0.650. The molecule has 0 aliphatic carbocycles. The number of benzene rings is 2. The summed E-state index contributed by atoms with van der Waals surface area (Å²) < 4.78 is 5.70. The Morgan fingerprint density at radius 1 is 1.04 bits per heavy atom. The van der Waals surface area contributed by atoms with E-state index in [1.165, 1.54) is 5.56 Å². The van der Waals surface area contributed by atoms with Crippen molar-refractivity contribution in [3.05, 3.63) is 58.1 Å². The molecule has 2 aromatic rings. The van der Waals surface area contributed by atoms with E-state index in [0.29, 0.717) is 21.5 Å². The Bertz CT molecular complexity index is 701. The van der Waals surface area contributed by atoms with Crippen LogP contribution in [-0.4, -0.2) is 12.0 Å². The number of rotatable bonds is 4. The highest BCUT2D eigenvalue weighted by Crippen LogP contribution is 2.25. The van der Waals surface area contributed by atoms with E-state index >= 15 is 0 Å². The molecule has 5 heteroatoms. The van der Waals surface area contributed by atoms with Crippen LogP contribution in [0.5, 0.6) is 5.75 Å². The highest BCUT2D eigenvalue weighted by molar-refractivity contribution is 6.35. The highest BCUT2D eigenvalue weighted by atomic mass is 35.5. The monoisotopic (exact) mass is 365 g/mol. The van der Waals surface area contributed by atoms with Gasteiger partial charge in [-0.25, -0.2) is 0 Å². The van der Waals surface area contributed by atoms with Gasteiger partial charge in [0.05, 0.1) is 0 Å². The summed E-state index contributed by atoms with van der Waals surface area (Å²) in [7, 11) is 0. The Morgan fingerprint density at radius 3 is 2.08 bits per heavy atom. The van der Waals surface area contributed by atoms with Gasteiger partial charge in [-0.05, 0) is 48.2 Å². The third-order valence-electron chi connectivity index (χ3n) is 3.53. The quantitative estimate of drug-likeness (QED) is 0.754. The number of halogens is 2. The lowest BCUT2D eigenvalue weighted by Gasteiger charge is -2.20. The fraction of sp³-hybridized carbons (Fsp3) is 0.316. The van der Waals surface area contributed by atoms with E-state index < -0.39 is 6.10 Å². The molecule has 0 radical (unpaired) electrons. The molecular formula is C19H21Cl2NO2. The average Bonchev–Trinajstić information content (AvgIpc) is 2.45. The number of amides is 1. The first-order valence-electron chi connectivity index (χ1n) is 7.69. The normalized spacial score (nSPS) is 12.6. The van der Waals surface area contributed by atoms with Crippen LogP contribution in [0.25, 0.3) is 0 Å². The third-order valence-corrected chi connectivity index (χ3v) is 3.97. The summed E-state index contributed by atoms with van der Waals surface area (Å²) in [5.74, 6) is 0.378. The Balaban J connectivity index is 2.01. The number of hydrogen-bond donors (Lipinski definition) is 1. The summed E-state index contributed by atoms with van der Waals surface area (Å²) >= 11 is 11.9. The number of carbonyl (C=O) groups excluding carboxylic acids is 1. The topological polar surface area (TPSA) is 38.3 Å². The zero-order valence-corrected chi connectivity index (χ0v) is 15.7. The first-order valence-corrected chi connectivity index (χ1v) is 8.45. The number of ether oxygens (including phenoxy) is 1. The summed E-state index contributed by atoms with van der Waals surface area (Å²) in [4.78, 5) is 12.2. The maximum absolute atomic E-state index is 12.2. The van der Waals surface area contributed by atoms with E-state index in [0.717, 1.165) is 0 Å². The molecule has 3 nitrogen and oxygen atoms in total. The minimum absolute atomic E-state index is 0.0768. The Labute approximate surface area is 152 Å². The van der Waals surface area contributed by atoms with Crippen LogP contribution in [0.15, 0.2) is 42.5 Å². The maximum atomic E-state index is 12.2. The van der Waals surface area contributed by atoms with Crippen LogP contribution in [0.1, 0.15) is 33.3 Å². The third kappa shape index (κ3) is 5.15. The predicted octanol–water partition coefficient (Wildman–Crippen LogP) is 5.70. The van der Waals surface area contributed by atoms with Gasteiger partial charge in [0.1, 0.15) is 5.75 Å². The van der Waals surface area contributed by atoms with Gasteiger partial charge in [0.2, 0.25) is 0 Å². The highest BCUT2D eigenvalue weighted by Gasteiger charge is 2.17. The van der Waals surface area contributed by atoms with Crippen molar-refractivity contribution in [1.29, 1.82) is 0 Å². The van der Waals surface area contributed by atoms with E-state index in [1.54, 1.807) is 25.1 Å². The van der Waals surface area contributed by atoms with E-state index in [1.807, 2.05) is 24.3 Å². The zero-order valence-electron chi connectivity index (χ0n) is 14.2. The van der Waals surface area contributed by atoms with Gasteiger partial charge in [-0.3, -0.25) is 4.79 Å². The van der Waals surface area contributed by atoms with Crippen molar-refractivity contribution >= 4 is 34.8 Å². The number of carbonyl (C=O) groups is 1. The van der Waals surface area contributed by atoms with Gasteiger partial charge in [-0.2, -0.15) is 0 Å². The maximum Gasteiger partial charge on any atom is 0.265 e. The van der Waals surface area contributed by atoms with Crippen molar-refractivity contribution in [1.82, 2.24) is 0 Å². The van der Waals surface area contributed by atoms with Crippen molar-refractivity contribution in [3.63, 3.8) is 0 Å². The molecule has 1 atom stereocenters. The molecule has 2 aromatic carbocycles. The van der Waals surface area contributed by atoms with Crippen LogP contribution in [-0.2, 0) is 10.2 Å². The molecule has 1 amide bonds. The molecule has 2 rings (SSSR count). The molecule has 1 N–H and O–H groups in total. The minimum Gasteiger partial charge on any atom is -0.481 e. The van der Waals surface area contributed by atoms with Gasteiger partial charge in [0, 0.05) is 15.7 Å². The summed E-state index contributed by atoms with van der Waals surface area (Å²) in [6.45, 7) is 8.14. The van der Waals surface area contributed by atoms with Crippen molar-refractivity contribution in [2.75, 3.05) is 5.32 Å². The molecule has 0 bridgehead atoms. The van der Waals surface area contributed by atoms with E-state index in [4.69, 9.17) is 27.9 Å². The van der Waals surface area contributed by atoms with Crippen LogP contribution < -0.4 is 10.1 Å². The van der Waals surface area contributed by atoms with Crippen LogP contribution in [0, 0.1) is 0 Å². The fourth-order valence-corrected chi connectivity index (χ4v) is 2.69. The molecule has 0 heterocycles. The van der Waals surface area contributed by atoms with Crippen LogP contribution >= 0.6 is 23.2 Å². The van der Waals surface area contributed by atoms with Crippen molar-refractivity contribution in [2.45, 2.75) is 39.2 Å². The van der Waals surface area contributed by atoms with E-state index in [2.05, 4.69) is 26.1 Å². The van der Waals surface area contributed by atoms with Crippen molar-refractivity contribution < 1.29 is 9.53 Å².